The van der Waals surface area contributed by atoms with Gasteiger partial charge in [0.25, 0.3) is 5.91 Å². The van der Waals surface area contributed by atoms with Gasteiger partial charge < -0.3 is 15.7 Å². The van der Waals surface area contributed by atoms with Crippen LogP contribution in [0.3, 0.4) is 0 Å². The maximum atomic E-state index is 12.4. The molecule has 0 bridgehead atoms. The van der Waals surface area contributed by atoms with E-state index in [9.17, 15) is 9.90 Å². The lowest BCUT2D eigenvalue weighted by Gasteiger charge is -2.35. The molecule has 4 nitrogen and oxygen atoms in total. The first kappa shape index (κ1) is 14.2. The van der Waals surface area contributed by atoms with Crippen LogP contribution in [-0.2, 0) is 0 Å². The summed E-state index contributed by atoms with van der Waals surface area (Å²) in [6.45, 7) is 0. The van der Waals surface area contributed by atoms with E-state index in [0.29, 0.717) is 16.3 Å². The molecule has 5 heteroatoms. The van der Waals surface area contributed by atoms with Crippen molar-refractivity contribution in [3.63, 3.8) is 0 Å². The van der Waals surface area contributed by atoms with Gasteiger partial charge in [-0.2, -0.15) is 0 Å². The largest absolute Gasteiger partial charge is 0.398 e. The second-order valence-corrected chi connectivity index (χ2v) is 5.48. The zero-order chi connectivity index (χ0) is 14.0. The average Bonchev–Trinajstić information content (AvgIpc) is 2.41. The summed E-state index contributed by atoms with van der Waals surface area (Å²) in [5, 5.41) is 10.4. The van der Waals surface area contributed by atoms with Crippen molar-refractivity contribution in [2.75, 3.05) is 12.8 Å². The topological polar surface area (TPSA) is 66.6 Å². The van der Waals surface area contributed by atoms with Crippen molar-refractivity contribution in [3.05, 3.63) is 28.8 Å². The predicted octanol–water partition coefficient (Wildman–Crippen LogP) is 2.30. The van der Waals surface area contributed by atoms with Crippen LogP contribution in [0.15, 0.2) is 18.2 Å². The second-order valence-electron chi connectivity index (χ2n) is 5.07. The highest BCUT2D eigenvalue weighted by molar-refractivity contribution is 6.33. The van der Waals surface area contributed by atoms with Gasteiger partial charge in [-0.1, -0.05) is 24.4 Å². The molecule has 0 heterocycles. The molecule has 1 amide bonds. The van der Waals surface area contributed by atoms with Crippen LogP contribution in [0.5, 0.6) is 0 Å². The molecular formula is C14H19ClN2O2. The van der Waals surface area contributed by atoms with Crippen molar-refractivity contribution in [2.24, 2.45) is 0 Å². The molecular weight excluding hydrogens is 264 g/mol. The van der Waals surface area contributed by atoms with Gasteiger partial charge in [0.2, 0.25) is 0 Å². The number of halogens is 1. The fraction of sp³-hybridized carbons (Fsp3) is 0.500. The first-order valence-corrected chi connectivity index (χ1v) is 6.88. The Morgan fingerprint density at radius 1 is 1.42 bits per heavy atom. The van der Waals surface area contributed by atoms with Gasteiger partial charge in [-0.25, -0.2) is 0 Å². The molecule has 0 spiro atoms. The molecule has 0 aliphatic heterocycles. The van der Waals surface area contributed by atoms with E-state index in [4.69, 9.17) is 17.3 Å². The molecule has 2 unspecified atom stereocenters. The highest BCUT2D eigenvalue weighted by Crippen LogP contribution is 2.25. The number of amides is 1. The highest BCUT2D eigenvalue weighted by atomic mass is 35.5. The van der Waals surface area contributed by atoms with Crippen molar-refractivity contribution in [2.45, 2.75) is 37.8 Å². The molecule has 1 saturated carbocycles. The van der Waals surface area contributed by atoms with Gasteiger partial charge in [-0.3, -0.25) is 4.79 Å². The van der Waals surface area contributed by atoms with Crippen molar-refractivity contribution in [1.29, 1.82) is 0 Å². The first-order valence-electron chi connectivity index (χ1n) is 6.51. The summed E-state index contributed by atoms with van der Waals surface area (Å²) in [5.41, 5.74) is 6.59. The van der Waals surface area contributed by atoms with E-state index in [1.54, 1.807) is 30.1 Å². The third-order valence-electron chi connectivity index (χ3n) is 3.76. The number of rotatable bonds is 2. The molecule has 2 atom stereocenters. The lowest BCUT2D eigenvalue weighted by Crippen LogP contribution is -2.46. The molecule has 104 valence electrons. The summed E-state index contributed by atoms with van der Waals surface area (Å²) in [6.07, 6.45) is 3.22. The number of hydrogen-bond acceptors (Lipinski definition) is 3. The number of anilines is 1. The Labute approximate surface area is 118 Å². The van der Waals surface area contributed by atoms with Crippen LogP contribution in [0.2, 0.25) is 5.02 Å². The average molecular weight is 283 g/mol. The number of carbonyl (C=O) groups excluding carboxylic acids is 1. The lowest BCUT2D eigenvalue weighted by atomic mass is 9.91. The van der Waals surface area contributed by atoms with Gasteiger partial charge >= 0.3 is 0 Å². The molecule has 19 heavy (non-hydrogen) atoms. The van der Waals surface area contributed by atoms with Crippen molar-refractivity contribution in [1.82, 2.24) is 4.90 Å². The van der Waals surface area contributed by atoms with E-state index in [1.807, 2.05) is 0 Å². The zero-order valence-corrected chi connectivity index (χ0v) is 11.7. The molecule has 1 aliphatic carbocycles. The van der Waals surface area contributed by atoms with E-state index in [2.05, 4.69) is 0 Å². The van der Waals surface area contributed by atoms with Crippen molar-refractivity contribution >= 4 is 23.2 Å². The summed E-state index contributed by atoms with van der Waals surface area (Å²) in [7, 11) is 1.73. The van der Waals surface area contributed by atoms with Gasteiger partial charge in [-0.15, -0.1) is 0 Å². The third kappa shape index (κ3) is 3.01. The molecule has 1 fully saturated rings. The molecule has 1 aromatic carbocycles. The SMILES string of the molecule is CN(C(=O)c1ccc(N)c(Cl)c1)C1CCCCC1O. The Morgan fingerprint density at radius 3 is 2.74 bits per heavy atom. The van der Waals surface area contributed by atoms with Gasteiger partial charge in [0, 0.05) is 12.6 Å². The van der Waals surface area contributed by atoms with Crippen molar-refractivity contribution < 1.29 is 9.90 Å². The van der Waals surface area contributed by atoms with Crippen LogP contribution >= 0.6 is 11.6 Å². The summed E-state index contributed by atoms with van der Waals surface area (Å²) >= 11 is 5.93. The number of nitrogens with two attached hydrogens (primary N) is 1. The van der Waals surface area contributed by atoms with Gasteiger partial charge in [0.1, 0.15) is 0 Å². The minimum absolute atomic E-state index is 0.113. The minimum Gasteiger partial charge on any atom is -0.398 e. The molecule has 1 aromatic rings. The van der Waals surface area contributed by atoms with E-state index in [-0.39, 0.29) is 11.9 Å². The number of aliphatic hydroxyl groups is 1. The van der Waals surface area contributed by atoms with Gasteiger partial charge in [0.05, 0.1) is 22.9 Å². The minimum atomic E-state index is -0.438. The summed E-state index contributed by atoms with van der Waals surface area (Å²) in [6, 6.07) is 4.75. The normalized spacial score (nSPS) is 23.1. The number of aliphatic hydroxyl groups excluding tert-OH is 1. The highest BCUT2D eigenvalue weighted by Gasteiger charge is 2.29. The number of likely N-dealkylation sites (N-methyl/N-ethyl adjacent to an activating group) is 1. The maximum absolute atomic E-state index is 12.4. The summed E-state index contributed by atoms with van der Waals surface area (Å²) < 4.78 is 0. The number of nitrogens with zero attached hydrogens (tertiary/aromatic N) is 1. The standard InChI is InChI=1S/C14H19ClN2O2/c1-17(12-4-2-3-5-13(12)18)14(19)9-6-7-11(16)10(15)8-9/h6-8,12-13,18H,2-5,16H2,1H3. The number of hydrogen-bond donors (Lipinski definition) is 2. The van der Waals surface area contributed by atoms with E-state index in [0.717, 1.165) is 25.7 Å². The summed E-state index contributed by atoms with van der Waals surface area (Å²) in [5.74, 6) is -0.132. The number of benzene rings is 1. The fourth-order valence-corrected chi connectivity index (χ4v) is 2.74. The Kier molecular flexibility index (Phi) is 4.32. The second kappa shape index (κ2) is 5.80. The lowest BCUT2D eigenvalue weighted by molar-refractivity contribution is 0.0268. The quantitative estimate of drug-likeness (QED) is 0.818. The molecule has 2 rings (SSSR count). The number of nitrogen functional groups attached to an aromatic ring is 1. The third-order valence-corrected chi connectivity index (χ3v) is 4.09. The zero-order valence-electron chi connectivity index (χ0n) is 11.0. The molecule has 0 saturated heterocycles. The Hall–Kier alpha value is -1.26. The van der Waals surface area contributed by atoms with Crippen LogP contribution in [0.1, 0.15) is 36.0 Å². The van der Waals surface area contributed by atoms with Crippen LogP contribution in [-0.4, -0.2) is 35.1 Å². The monoisotopic (exact) mass is 282 g/mol. The Balaban J connectivity index is 2.15. The predicted molar refractivity (Wildman–Crippen MR) is 76.2 cm³/mol. The smallest absolute Gasteiger partial charge is 0.253 e. The first-order chi connectivity index (χ1) is 9.00. The van der Waals surface area contributed by atoms with Crippen LogP contribution in [0.25, 0.3) is 0 Å². The fourth-order valence-electron chi connectivity index (χ4n) is 2.56. The Bertz CT molecular complexity index is 479. The van der Waals surface area contributed by atoms with E-state index < -0.39 is 6.10 Å². The maximum Gasteiger partial charge on any atom is 0.253 e. The molecule has 1 aliphatic rings. The number of carbonyl (C=O) groups is 1. The molecule has 3 N–H and O–H groups in total. The van der Waals surface area contributed by atoms with Crippen LogP contribution in [0.4, 0.5) is 5.69 Å². The Morgan fingerprint density at radius 2 is 2.11 bits per heavy atom. The van der Waals surface area contributed by atoms with Crippen LogP contribution in [0, 0.1) is 0 Å². The van der Waals surface area contributed by atoms with E-state index in [1.165, 1.54) is 0 Å². The van der Waals surface area contributed by atoms with Gasteiger partial charge in [-0.05, 0) is 31.0 Å². The summed E-state index contributed by atoms with van der Waals surface area (Å²) in [4.78, 5) is 14.0. The van der Waals surface area contributed by atoms with Gasteiger partial charge in [0.15, 0.2) is 0 Å². The van der Waals surface area contributed by atoms with Crippen LogP contribution < -0.4 is 5.73 Å². The van der Waals surface area contributed by atoms with Crippen molar-refractivity contribution in [3.8, 4) is 0 Å². The molecule has 0 radical (unpaired) electrons. The molecule has 0 aromatic heterocycles. The van der Waals surface area contributed by atoms with E-state index >= 15 is 0 Å².